The van der Waals surface area contributed by atoms with Crippen LogP contribution in [0.4, 0.5) is 5.69 Å². The summed E-state index contributed by atoms with van der Waals surface area (Å²) in [7, 11) is -0.524. The van der Waals surface area contributed by atoms with Gasteiger partial charge in [0.15, 0.2) is 6.29 Å². The zero-order valence-corrected chi connectivity index (χ0v) is 12.1. The van der Waals surface area contributed by atoms with Crippen LogP contribution in [0.1, 0.15) is 38.1 Å². The second kappa shape index (κ2) is 5.03. The van der Waals surface area contributed by atoms with Crippen molar-refractivity contribution in [3.05, 3.63) is 23.8 Å². The van der Waals surface area contributed by atoms with Crippen LogP contribution in [0.25, 0.3) is 0 Å². The zero-order valence-electron chi connectivity index (χ0n) is 12.1. The molecule has 1 aromatic rings. The molecule has 106 valence electrons. The topological polar surface area (TPSA) is 64.6 Å². The predicted molar refractivity (Wildman–Crippen MR) is 77.2 cm³/mol. The van der Waals surface area contributed by atoms with Gasteiger partial charge in [0.1, 0.15) is 0 Å². The molecule has 1 heterocycles. The number of nitrogens with one attached hydrogen (secondary N) is 1. The summed E-state index contributed by atoms with van der Waals surface area (Å²) >= 11 is 0. The van der Waals surface area contributed by atoms with Gasteiger partial charge in [0, 0.05) is 5.56 Å². The van der Waals surface area contributed by atoms with Crippen molar-refractivity contribution in [2.24, 2.45) is 0 Å². The van der Waals surface area contributed by atoms with Gasteiger partial charge >= 0.3 is 7.12 Å². The van der Waals surface area contributed by atoms with Crippen molar-refractivity contribution in [2.75, 3.05) is 5.32 Å². The predicted octanol–water partition coefficient (Wildman–Crippen LogP) is 1.37. The lowest BCUT2D eigenvalue weighted by Crippen LogP contribution is -2.41. The Morgan fingerprint density at radius 1 is 1.10 bits per heavy atom. The molecule has 0 aromatic heterocycles. The highest BCUT2D eigenvalue weighted by Gasteiger charge is 2.51. The summed E-state index contributed by atoms with van der Waals surface area (Å²) in [6.45, 7) is 7.87. The summed E-state index contributed by atoms with van der Waals surface area (Å²) in [5.74, 6) is 0. The van der Waals surface area contributed by atoms with Crippen LogP contribution in [0.2, 0.25) is 0 Å². The van der Waals surface area contributed by atoms with Crippen LogP contribution in [-0.4, -0.2) is 31.0 Å². The van der Waals surface area contributed by atoms with Gasteiger partial charge in [-0.05, 0) is 45.3 Å². The molecular formula is C14H18BNO4. The van der Waals surface area contributed by atoms with Crippen LogP contribution in [0.15, 0.2) is 18.2 Å². The largest absolute Gasteiger partial charge is 0.494 e. The van der Waals surface area contributed by atoms with Gasteiger partial charge in [-0.3, -0.25) is 9.59 Å². The molecule has 0 radical (unpaired) electrons. The summed E-state index contributed by atoms with van der Waals surface area (Å²) in [5, 5.41) is 2.48. The molecule has 1 amide bonds. The minimum atomic E-state index is -0.524. The highest BCUT2D eigenvalue weighted by Crippen LogP contribution is 2.36. The Balaban J connectivity index is 2.31. The van der Waals surface area contributed by atoms with Crippen LogP contribution in [0.3, 0.4) is 0 Å². The fraction of sp³-hybridized carbons (Fsp3) is 0.429. The highest BCUT2D eigenvalue weighted by molar-refractivity contribution is 6.62. The quantitative estimate of drug-likeness (QED) is 0.665. The van der Waals surface area contributed by atoms with Gasteiger partial charge in [-0.25, -0.2) is 0 Å². The molecule has 1 N–H and O–H groups in total. The minimum absolute atomic E-state index is 0.393. The molecule has 1 saturated heterocycles. The molecule has 1 fully saturated rings. The van der Waals surface area contributed by atoms with E-state index >= 15 is 0 Å². The van der Waals surface area contributed by atoms with E-state index in [1.807, 2.05) is 27.7 Å². The van der Waals surface area contributed by atoms with E-state index in [9.17, 15) is 9.59 Å². The maximum Gasteiger partial charge on any atom is 0.494 e. The van der Waals surface area contributed by atoms with E-state index in [1.165, 1.54) is 0 Å². The molecular weight excluding hydrogens is 257 g/mol. The lowest BCUT2D eigenvalue weighted by molar-refractivity contribution is -0.105. The summed E-state index contributed by atoms with van der Waals surface area (Å²) in [6, 6.07) is 5.11. The first-order chi connectivity index (χ1) is 9.30. The number of carbonyl (C=O) groups excluding carboxylic acids is 2. The lowest BCUT2D eigenvalue weighted by Gasteiger charge is -2.32. The lowest BCUT2D eigenvalue weighted by atomic mass is 9.78. The van der Waals surface area contributed by atoms with Crippen LogP contribution < -0.4 is 10.8 Å². The Kier molecular flexibility index (Phi) is 3.71. The Bertz CT molecular complexity index is 526. The van der Waals surface area contributed by atoms with Crippen molar-refractivity contribution in [3.8, 4) is 0 Å². The average molecular weight is 275 g/mol. The van der Waals surface area contributed by atoms with Crippen LogP contribution >= 0.6 is 0 Å². The third-order valence-corrected chi connectivity index (χ3v) is 3.94. The molecule has 0 saturated carbocycles. The van der Waals surface area contributed by atoms with Gasteiger partial charge in [0.05, 0.1) is 16.9 Å². The molecule has 1 aromatic carbocycles. The Hall–Kier alpha value is -1.66. The van der Waals surface area contributed by atoms with Crippen LogP contribution in [-0.2, 0) is 14.1 Å². The van der Waals surface area contributed by atoms with E-state index in [0.29, 0.717) is 23.9 Å². The molecule has 0 spiro atoms. The van der Waals surface area contributed by atoms with E-state index in [1.54, 1.807) is 18.2 Å². The van der Waals surface area contributed by atoms with Gasteiger partial charge in [-0.15, -0.1) is 0 Å². The molecule has 1 aliphatic heterocycles. The molecule has 0 bridgehead atoms. The van der Waals surface area contributed by atoms with Crippen molar-refractivity contribution in [1.29, 1.82) is 0 Å². The Morgan fingerprint density at radius 3 is 2.20 bits per heavy atom. The van der Waals surface area contributed by atoms with Crippen LogP contribution in [0, 0.1) is 0 Å². The summed E-state index contributed by atoms with van der Waals surface area (Å²) in [6.07, 6.45) is 1.23. The number of aldehydes is 1. The Morgan fingerprint density at radius 2 is 1.70 bits per heavy atom. The maximum atomic E-state index is 11.1. The van der Waals surface area contributed by atoms with Crippen molar-refractivity contribution in [3.63, 3.8) is 0 Å². The van der Waals surface area contributed by atoms with Gasteiger partial charge < -0.3 is 14.6 Å². The van der Waals surface area contributed by atoms with Crippen molar-refractivity contribution < 1.29 is 18.9 Å². The molecule has 5 nitrogen and oxygen atoms in total. The smallest absolute Gasteiger partial charge is 0.399 e. The SMILES string of the molecule is CC1(C)OB(c2ccc(NC=O)c(C=O)c2)OC1(C)C. The van der Waals surface area contributed by atoms with Gasteiger partial charge in [0.25, 0.3) is 0 Å². The highest BCUT2D eigenvalue weighted by atomic mass is 16.7. The first-order valence-electron chi connectivity index (χ1n) is 6.46. The number of benzene rings is 1. The fourth-order valence-electron chi connectivity index (χ4n) is 2.00. The standard InChI is InChI=1S/C14H18BNO4/c1-13(2)14(3,4)20-15(19-13)11-5-6-12(16-9-18)10(7-11)8-17/h5-9H,1-4H3,(H,16,18). The molecule has 6 heteroatoms. The van der Waals surface area contributed by atoms with E-state index < -0.39 is 18.3 Å². The number of amides is 1. The van der Waals surface area contributed by atoms with Crippen LogP contribution in [0.5, 0.6) is 0 Å². The molecule has 0 aliphatic carbocycles. The number of hydrogen-bond donors (Lipinski definition) is 1. The number of carbonyl (C=O) groups is 2. The van der Waals surface area contributed by atoms with E-state index in [-0.39, 0.29) is 0 Å². The van der Waals surface area contributed by atoms with Crippen molar-refractivity contribution in [2.45, 2.75) is 38.9 Å². The number of rotatable bonds is 4. The van der Waals surface area contributed by atoms with Gasteiger partial charge in [-0.2, -0.15) is 0 Å². The minimum Gasteiger partial charge on any atom is -0.399 e. The first-order valence-corrected chi connectivity index (χ1v) is 6.46. The summed E-state index contributed by atoms with van der Waals surface area (Å²) in [4.78, 5) is 21.6. The molecule has 0 atom stereocenters. The number of anilines is 1. The molecule has 2 rings (SSSR count). The second-order valence-electron chi connectivity index (χ2n) is 5.81. The fourth-order valence-corrected chi connectivity index (χ4v) is 2.00. The van der Waals surface area contributed by atoms with Gasteiger partial charge in [-0.1, -0.05) is 6.07 Å². The molecule has 0 unspecified atom stereocenters. The zero-order chi connectivity index (χ0) is 15.0. The average Bonchev–Trinajstić information content (AvgIpc) is 2.59. The third-order valence-electron chi connectivity index (χ3n) is 3.94. The molecule has 1 aliphatic rings. The maximum absolute atomic E-state index is 11.1. The second-order valence-corrected chi connectivity index (χ2v) is 5.81. The molecule has 20 heavy (non-hydrogen) atoms. The van der Waals surface area contributed by atoms with Crippen molar-refractivity contribution in [1.82, 2.24) is 0 Å². The first kappa shape index (κ1) is 14.7. The van der Waals surface area contributed by atoms with Crippen molar-refractivity contribution >= 4 is 31.0 Å². The van der Waals surface area contributed by atoms with E-state index in [0.717, 1.165) is 5.46 Å². The van der Waals surface area contributed by atoms with E-state index in [2.05, 4.69) is 5.32 Å². The monoisotopic (exact) mass is 275 g/mol. The number of hydrogen-bond acceptors (Lipinski definition) is 4. The summed E-state index contributed by atoms with van der Waals surface area (Å²) in [5.41, 5.74) is 0.749. The summed E-state index contributed by atoms with van der Waals surface area (Å²) < 4.78 is 11.8. The van der Waals surface area contributed by atoms with Gasteiger partial charge in [0.2, 0.25) is 6.41 Å². The Labute approximate surface area is 118 Å². The normalized spacial score (nSPS) is 19.7. The third kappa shape index (κ3) is 2.49. The van der Waals surface area contributed by atoms with E-state index in [4.69, 9.17) is 9.31 Å².